The Morgan fingerprint density at radius 2 is 1.85 bits per heavy atom. The molecule has 0 saturated carbocycles. The number of nitrogens with one attached hydrogen (secondary N) is 2. The molecule has 7 atom stereocenters. The number of aliphatic hydroxyl groups is 1. The van der Waals surface area contributed by atoms with E-state index in [9.17, 15) is 19.5 Å². The van der Waals surface area contributed by atoms with Gasteiger partial charge in [-0.3, -0.25) is 14.4 Å². The minimum absolute atomic E-state index is 0.0408. The summed E-state index contributed by atoms with van der Waals surface area (Å²) in [6.07, 6.45) is 2.08. The minimum atomic E-state index is -0.849. The number of hydrogen-bond acceptors (Lipinski definition) is 5. The Balaban J connectivity index is 1.58. The number of carbonyl (C=O) groups is 3. The molecule has 2 aromatic carbocycles. The van der Waals surface area contributed by atoms with Gasteiger partial charge in [-0.05, 0) is 56.4 Å². The van der Waals surface area contributed by atoms with Crippen molar-refractivity contribution >= 4 is 52.5 Å². The van der Waals surface area contributed by atoms with Crippen LogP contribution in [0.1, 0.15) is 45.6 Å². The van der Waals surface area contributed by atoms with Gasteiger partial charge in [0.2, 0.25) is 17.7 Å². The molecule has 3 fully saturated rings. The summed E-state index contributed by atoms with van der Waals surface area (Å²) < 4.78 is -1.28. The van der Waals surface area contributed by atoms with Gasteiger partial charge >= 0.3 is 0 Å². The number of amides is 3. The van der Waals surface area contributed by atoms with Crippen molar-refractivity contribution in [2.24, 2.45) is 17.8 Å². The quantitative estimate of drug-likeness (QED) is 0.410. The van der Waals surface area contributed by atoms with E-state index in [0.29, 0.717) is 29.2 Å². The van der Waals surface area contributed by atoms with Crippen LogP contribution in [-0.4, -0.2) is 55.9 Å². The highest BCUT2D eigenvalue weighted by Crippen LogP contribution is 2.71. The zero-order valence-corrected chi connectivity index (χ0v) is 24.3. The van der Waals surface area contributed by atoms with Crippen LogP contribution >= 0.6 is 23.4 Å². The Morgan fingerprint density at radius 3 is 2.49 bits per heavy atom. The lowest BCUT2D eigenvalue weighted by Crippen LogP contribution is -2.56. The molecule has 208 valence electrons. The fourth-order valence-electron chi connectivity index (χ4n) is 6.96. The van der Waals surface area contributed by atoms with Crippen molar-refractivity contribution in [1.82, 2.24) is 4.90 Å². The molecule has 9 heteroatoms. The van der Waals surface area contributed by atoms with Gasteiger partial charge < -0.3 is 20.6 Å². The molecule has 2 unspecified atom stereocenters. The standard InChI is InChI=1S/C30H36ClN3O4S/c1-5-17(2)21(16-35)34-25(27(37)33-24-18(3)10-9-13-20(24)31)30-15-14-29(4,39-30)22(23(30)28(34)38)26(36)32-19-11-7-6-8-12-19/h6-13,17,21-23,25,35H,5,14-16H2,1-4H3,(H,32,36)(H,33,37)/t17-,21-,22+,23-,25?,29-,30?/m0/s1. The van der Waals surface area contributed by atoms with Crippen LogP contribution in [0.15, 0.2) is 48.5 Å². The van der Waals surface area contributed by atoms with Gasteiger partial charge in [-0.15, -0.1) is 11.8 Å². The normalized spacial score (nSPS) is 30.7. The van der Waals surface area contributed by atoms with Crippen LogP contribution in [0.25, 0.3) is 0 Å². The second-order valence-electron chi connectivity index (χ2n) is 11.4. The van der Waals surface area contributed by atoms with Crippen molar-refractivity contribution in [3.63, 3.8) is 0 Å². The highest BCUT2D eigenvalue weighted by atomic mass is 35.5. The number of anilines is 2. The van der Waals surface area contributed by atoms with Gasteiger partial charge in [-0.1, -0.05) is 62.2 Å². The zero-order chi connectivity index (χ0) is 28.1. The van der Waals surface area contributed by atoms with E-state index < -0.39 is 33.4 Å². The molecule has 1 spiro atoms. The Kier molecular flexibility index (Phi) is 7.50. The predicted octanol–water partition coefficient (Wildman–Crippen LogP) is 5.11. The molecule has 3 aliphatic heterocycles. The number of aryl methyl sites for hydroxylation is 1. The highest BCUT2D eigenvalue weighted by Gasteiger charge is 2.77. The first-order chi connectivity index (χ1) is 18.6. The molecule has 7 nitrogen and oxygen atoms in total. The second kappa shape index (κ2) is 10.5. The molecule has 5 rings (SSSR count). The van der Waals surface area contributed by atoms with Gasteiger partial charge in [0, 0.05) is 10.4 Å². The Hall–Kier alpha value is -2.55. The number of benzene rings is 2. The summed E-state index contributed by atoms with van der Waals surface area (Å²) in [4.78, 5) is 44.1. The number of rotatable bonds is 8. The largest absolute Gasteiger partial charge is 0.394 e. The molecular formula is C30H36ClN3O4S. The van der Waals surface area contributed by atoms with Crippen molar-refractivity contribution in [2.45, 2.75) is 68.5 Å². The number of para-hydroxylation sites is 2. The number of nitrogens with zero attached hydrogens (tertiary/aromatic N) is 1. The number of fused-ring (bicyclic) bond motifs is 1. The molecule has 3 amide bonds. The highest BCUT2D eigenvalue weighted by molar-refractivity contribution is 8.02. The van der Waals surface area contributed by atoms with E-state index in [1.54, 1.807) is 22.7 Å². The molecule has 0 aromatic heterocycles. The van der Waals surface area contributed by atoms with Crippen LogP contribution in [0.2, 0.25) is 5.02 Å². The summed E-state index contributed by atoms with van der Waals surface area (Å²) in [5.74, 6) is -2.09. The summed E-state index contributed by atoms with van der Waals surface area (Å²) in [6, 6.07) is 13.3. The van der Waals surface area contributed by atoms with Gasteiger partial charge in [0.05, 0.1) is 39.9 Å². The van der Waals surface area contributed by atoms with Crippen molar-refractivity contribution < 1.29 is 19.5 Å². The first-order valence-corrected chi connectivity index (χ1v) is 14.8. The predicted molar refractivity (Wildman–Crippen MR) is 156 cm³/mol. The molecule has 39 heavy (non-hydrogen) atoms. The van der Waals surface area contributed by atoms with E-state index in [4.69, 9.17) is 11.6 Å². The van der Waals surface area contributed by atoms with Crippen LogP contribution in [0.5, 0.6) is 0 Å². The second-order valence-corrected chi connectivity index (χ2v) is 13.7. The molecule has 3 saturated heterocycles. The third-order valence-electron chi connectivity index (χ3n) is 9.10. The topological polar surface area (TPSA) is 98.7 Å². The molecular weight excluding hydrogens is 534 g/mol. The average Bonchev–Trinajstić information content (AvgIpc) is 3.48. The number of aliphatic hydroxyl groups excluding tert-OH is 1. The number of likely N-dealkylation sites (tertiary alicyclic amines) is 1. The minimum Gasteiger partial charge on any atom is -0.394 e. The maximum Gasteiger partial charge on any atom is 0.248 e. The van der Waals surface area contributed by atoms with Gasteiger partial charge in [0.15, 0.2) is 0 Å². The molecule has 3 N–H and O–H groups in total. The lowest BCUT2D eigenvalue weighted by atomic mass is 9.66. The van der Waals surface area contributed by atoms with Crippen LogP contribution in [0, 0.1) is 24.7 Å². The monoisotopic (exact) mass is 569 g/mol. The van der Waals surface area contributed by atoms with Crippen LogP contribution < -0.4 is 10.6 Å². The fourth-order valence-corrected chi connectivity index (χ4v) is 9.57. The average molecular weight is 570 g/mol. The molecule has 3 heterocycles. The van der Waals surface area contributed by atoms with Crippen LogP contribution in [-0.2, 0) is 14.4 Å². The van der Waals surface area contributed by atoms with Crippen molar-refractivity contribution in [1.29, 1.82) is 0 Å². The molecule has 0 aliphatic carbocycles. The van der Waals surface area contributed by atoms with Gasteiger partial charge in [0.25, 0.3) is 0 Å². The van der Waals surface area contributed by atoms with Crippen molar-refractivity contribution in [3.8, 4) is 0 Å². The summed E-state index contributed by atoms with van der Waals surface area (Å²) in [5.41, 5.74) is 2.01. The number of thioether (sulfide) groups is 1. The first-order valence-electron chi connectivity index (χ1n) is 13.6. The van der Waals surface area contributed by atoms with Gasteiger partial charge in [-0.25, -0.2) is 0 Å². The molecule has 0 radical (unpaired) electrons. The van der Waals surface area contributed by atoms with E-state index in [-0.39, 0.29) is 30.2 Å². The lowest BCUT2D eigenvalue weighted by Gasteiger charge is -2.39. The number of halogens is 1. The smallest absolute Gasteiger partial charge is 0.248 e. The van der Waals surface area contributed by atoms with Gasteiger partial charge in [-0.2, -0.15) is 0 Å². The summed E-state index contributed by atoms with van der Waals surface area (Å²) in [6.45, 7) is 7.65. The van der Waals surface area contributed by atoms with E-state index in [1.807, 2.05) is 70.2 Å². The Labute approximate surface area is 239 Å². The zero-order valence-electron chi connectivity index (χ0n) is 22.7. The number of carbonyl (C=O) groups excluding carboxylic acids is 3. The first kappa shape index (κ1) is 28.0. The van der Waals surface area contributed by atoms with Crippen LogP contribution in [0.3, 0.4) is 0 Å². The van der Waals surface area contributed by atoms with Crippen LogP contribution in [0.4, 0.5) is 11.4 Å². The third-order valence-corrected chi connectivity index (χ3v) is 11.4. The van der Waals surface area contributed by atoms with Crippen molar-refractivity contribution in [2.75, 3.05) is 17.2 Å². The SMILES string of the molecule is CC[C@H](C)[C@H](CO)N1C(=O)[C@@H]2[C@H](C(=O)Nc3ccccc3)[C@]3(C)CCC2(S3)C1C(=O)Nc1c(C)cccc1Cl. The third kappa shape index (κ3) is 4.45. The maximum atomic E-state index is 14.4. The van der Waals surface area contributed by atoms with E-state index in [2.05, 4.69) is 10.6 Å². The van der Waals surface area contributed by atoms with Crippen molar-refractivity contribution in [3.05, 3.63) is 59.1 Å². The van der Waals surface area contributed by atoms with Gasteiger partial charge in [0.1, 0.15) is 6.04 Å². The fraction of sp³-hybridized carbons (Fsp3) is 0.500. The van der Waals surface area contributed by atoms with E-state index in [0.717, 1.165) is 12.0 Å². The summed E-state index contributed by atoms with van der Waals surface area (Å²) in [5, 5.41) is 17.0. The Bertz CT molecular complexity index is 1270. The molecule has 3 aliphatic rings. The van der Waals surface area contributed by atoms with E-state index >= 15 is 0 Å². The Morgan fingerprint density at radius 1 is 1.13 bits per heavy atom. The molecule has 2 bridgehead atoms. The summed E-state index contributed by atoms with van der Waals surface area (Å²) in [7, 11) is 0. The number of hydrogen-bond donors (Lipinski definition) is 3. The maximum absolute atomic E-state index is 14.4. The summed E-state index contributed by atoms with van der Waals surface area (Å²) >= 11 is 8.08. The lowest BCUT2D eigenvalue weighted by molar-refractivity contribution is -0.142. The van der Waals surface area contributed by atoms with E-state index in [1.165, 1.54) is 0 Å². The molecule has 2 aromatic rings.